The SMILES string of the molecule is CNC(=O)c1ccc2c(c1)CCc1cc(C(=O)NC)ccc1C2(C[C@@H](C)NCC(=O)N1CCCC1C#N)c1n[nH]c(C(C)C)n1. The van der Waals surface area contributed by atoms with Gasteiger partial charge >= 0.3 is 0 Å². The Morgan fingerprint density at radius 1 is 1.02 bits per heavy atom. The van der Waals surface area contributed by atoms with E-state index in [4.69, 9.17) is 10.1 Å². The quantitative estimate of drug-likeness (QED) is 0.290. The van der Waals surface area contributed by atoms with E-state index < -0.39 is 5.41 Å². The number of aromatic nitrogens is 3. The number of hydrogen-bond acceptors (Lipinski definition) is 7. The van der Waals surface area contributed by atoms with Crippen molar-refractivity contribution in [1.82, 2.24) is 36.0 Å². The molecule has 3 amide bonds. The Hall–Kier alpha value is -4.56. The van der Waals surface area contributed by atoms with Crippen LogP contribution < -0.4 is 16.0 Å². The molecular formula is C34H42N8O3. The van der Waals surface area contributed by atoms with Crippen LogP contribution in [0.3, 0.4) is 0 Å². The van der Waals surface area contributed by atoms with E-state index in [0.29, 0.717) is 49.2 Å². The Balaban J connectivity index is 1.65. The van der Waals surface area contributed by atoms with Crippen molar-refractivity contribution in [3.63, 3.8) is 0 Å². The number of amides is 3. The zero-order chi connectivity index (χ0) is 32.3. The lowest BCUT2D eigenvalue weighted by atomic mass is 9.67. The minimum atomic E-state index is -0.869. The van der Waals surface area contributed by atoms with Gasteiger partial charge in [-0.25, -0.2) is 4.98 Å². The van der Waals surface area contributed by atoms with Crippen LogP contribution >= 0.6 is 0 Å². The second-order valence-electron chi connectivity index (χ2n) is 12.4. The highest BCUT2D eigenvalue weighted by Gasteiger charge is 2.46. The number of aryl methyl sites for hydroxylation is 2. The minimum absolute atomic E-state index is 0.0907. The smallest absolute Gasteiger partial charge is 0.251 e. The highest BCUT2D eigenvalue weighted by molar-refractivity contribution is 5.95. The summed E-state index contributed by atoms with van der Waals surface area (Å²) in [6.07, 6.45) is 3.33. The summed E-state index contributed by atoms with van der Waals surface area (Å²) < 4.78 is 0. The van der Waals surface area contributed by atoms with E-state index >= 15 is 0 Å². The number of carbonyl (C=O) groups excluding carboxylic acids is 3. The van der Waals surface area contributed by atoms with Gasteiger partial charge < -0.3 is 20.9 Å². The second kappa shape index (κ2) is 13.2. The van der Waals surface area contributed by atoms with Crippen molar-refractivity contribution in [2.75, 3.05) is 27.2 Å². The molecule has 0 spiro atoms. The highest BCUT2D eigenvalue weighted by Crippen LogP contribution is 2.47. The molecule has 0 radical (unpaired) electrons. The number of hydrogen-bond donors (Lipinski definition) is 4. The fraction of sp³-hybridized carbons (Fsp3) is 0.471. The van der Waals surface area contributed by atoms with Crippen molar-refractivity contribution >= 4 is 17.7 Å². The zero-order valence-electron chi connectivity index (χ0n) is 26.7. The van der Waals surface area contributed by atoms with E-state index in [1.54, 1.807) is 19.0 Å². The minimum Gasteiger partial charge on any atom is -0.355 e. The Labute approximate surface area is 264 Å². The average molecular weight is 611 g/mol. The van der Waals surface area contributed by atoms with Crippen molar-refractivity contribution in [3.05, 3.63) is 81.4 Å². The summed E-state index contributed by atoms with van der Waals surface area (Å²) in [5.41, 5.74) is 4.23. The van der Waals surface area contributed by atoms with Gasteiger partial charge in [0, 0.05) is 43.7 Å². The molecule has 2 heterocycles. The first-order valence-corrected chi connectivity index (χ1v) is 15.7. The van der Waals surface area contributed by atoms with Gasteiger partial charge in [0.2, 0.25) is 5.91 Å². The summed E-state index contributed by atoms with van der Waals surface area (Å²) in [6.45, 7) is 6.85. The Morgan fingerprint density at radius 2 is 1.62 bits per heavy atom. The van der Waals surface area contributed by atoms with Crippen molar-refractivity contribution < 1.29 is 14.4 Å². The van der Waals surface area contributed by atoms with Crippen molar-refractivity contribution in [1.29, 1.82) is 5.26 Å². The molecule has 45 heavy (non-hydrogen) atoms. The Morgan fingerprint density at radius 3 is 2.13 bits per heavy atom. The number of carbonyl (C=O) groups is 3. The van der Waals surface area contributed by atoms with E-state index in [0.717, 1.165) is 34.5 Å². The van der Waals surface area contributed by atoms with Gasteiger partial charge in [0.05, 0.1) is 18.0 Å². The topological polar surface area (TPSA) is 156 Å². The van der Waals surface area contributed by atoms with E-state index in [9.17, 15) is 19.6 Å². The maximum atomic E-state index is 13.2. The molecule has 1 unspecified atom stereocenters. The lowest BCUT2D eigenvalue weighted by Gasteiger charge is -2.37. The van der Waals surface area contributed by atoms with Crippen LogP contribution in [0.5, 0.6) is 0 Å². The lowest BCUT2D eigenvalue weighted by molar-refractivity contribution is -0.130. The first kappa shape index (κ1) is 31.9. The molecule has 0 bridgehead atoms. The third-order valence-electron chi connectivity index (χ3n) is 9.14. The molecule has 1 aromatic heterocycles. The van der Waals surface area contributed by atoms with Gasteiger partial charge in [-0.2, -0.15) is 10.4 Å². The summed E-state index contributed by atoms with van der Waals surface area (Å²) >= 11 is 0. The van der Waals surface area contributed by atoms with Gasteiger partial charge in [0.25, 0.3) is 11.8 Å². The van der Waals surface area contributed by atoms with Gasteiger partial charge in [-0.15, -0.1) is 0 Å². The first-order chi connectivity index (χ1) is 21.6. The van der Waals surface area contributed by atoms with Crippen LogP contribution in [0.2, 0.25) is 0 Å². The number of likely N-dealkylation sites (tertiary alicyclic amines) is 1. The molecule has 4 N–H and O–H groups in total. The van der Waals surface area contributed by atoms with E-state index in [2.05, 4.69) is 41.0 Å². The zero-order valence-corrected chi connectivity index (χ0v) is 26.7. The molecule has 11 nitrogen and oxygen atoms in total. The number of H-pyrrole nitrogens is 1. The van der Waals surface area contributed by atoms with E-state index in [-0.39, 0.29) is 42.3 Å². The molecule has 1 aliphatic carbocycles. The number of benzene rings is 2. The standard InChI is InChI=1S/C34H42N8O3/c1-20(2)30-39-33(41-40-30)34(17-21(3)38-19-29(43)42-14-6-7-26(42)18-35)27-12-10-24(31(44)36-4)15-22(27)8-9-23-16-25(32(45)37-5)11-13-28(23)34/h10-13,15-16,20-21,26,38H,6-9,14,17,19H2,1-5H3,(H,36,44)(H,37,45)(H,39,40,41)/t21-,26?/m1/s1. The number of aromatic amines is 1. The molecular weight excluding hydrogens is 568 g/mol. The third kappa shape index (κ3) is 6.07. The fourth-order valence-corrected chi connectivity index (χ4v) is 6.79. The molecule has 2 atom stereocenters. The van der Waals surface area contributed by atoms with Gasteiger partial charge in [0.1, 0.15) is 11.9 Å². The molecule has 3 aromatic rings. The summed E-state index contributed by atoms with van der Waals surface area (Å²) in [5, 5.41) is 26.4. The van der Waals surface area contributed by atoms with Crippen LogP contribution in [0.25, 0.3) is 0 Å². The molecule has 2 aliphatic rings. The molecule has 236 valence electrons. The average Bonchev–Trinajstić information content (AvgIpc) is 3.73. The van der Waals surface area contributed by atoms with Crippen LogP contribution in [0.15, 0.2) is 36.4 Å². The van der Waals surface area contributed by atoms with Gasteiger partial charge in [0.15, 0.2) is 5.82 Å². The van der Waals surface area contributed by atoms with Gasteiger partial charge in [-0.1, -0.05) is 26.0 Å². The maximum Gasteiger partial charge on any atom is 0.251 e. The maximum absolute atomic E-state index is 13.2. The predicted molar refractivity (Wildman–Crippen MR) is 170 cm³/mol. The van der Waals surface area contributed by atoms with E-state index in [1.807, 2.05) is 43.3 Å². The molecule has 2 aromatic carbocycles. The number of fused-ring (bicyclic) bond motifs is 2. The summed E-state index contributed by atoms with van der Waals surface area (Å²) in [5.74, 6) is 1.04. The van der Waals surface area contributed by atoms with Crippen molar-refractivity contribution in [2.45, 2.75) is 76.3 Å². The third-order valence-corrected chi connectivity index (χ3v) is 9.14. The molecule has 1 aliphatic heterocycles. The first-order valence-electron chi connectivity index (χ1n) is 15.7. The lowest BCUT2D eigenvalue weighted by Crippen LogP contribution is -2.45. The Kier molecular flexibility index (Phi) is 9.34. The number of nitriles is 1. The highest BCUT2D eigenvalue weighted by atomic mass is 16.2. The fourth-order valence-electron chi connectivity index (χ4n) is 6.79. The monoisotopic (exact) mass is 610 g/mol. The predicted octanol–water partition coefficient (Wildman–Crippen LogP) is 2.96. The number of rotatable bonds is 9. The van der Waals surface area contributed by atoms with Crippen LogP contribution in [0, 0.1) is 11.3 Å². The summed E-state index contributed by atoms with van der Waals surface area (Å²) in [4.78, 5) is 45.3. The molecule has 1 fully saturated rings. The molecule has 1 saturated heterocycles. The number of nitrogens with one attached hydrogen (secondary N) is 4. The Bertz CT molecular complexity index is 1570. The summed E-state index contributed by atoms with van der Waals surface area (Å²) in [6, 6.07) is 13.3. The van der Waals surface area contributed by atoms with Crippen LogP contribution in [-0.4, -0.2) is 77.1 Å². The van der Waals surface area contributed by atoms with E-state index in [1.165, 1.54) is 0 Å². The molecule has 5 rings (SSSR count). The molecule has 0 saturated carbocycles. The summed E-state index contributed by atoms with van der Waals surface area (Å²) in [7, 11) is 3.23. The van der Waals surface area contributed by atoms with Crippen LogP contribution in [0.4, 0.5) is 0 Å². The molecule has 11 heteroatoms. The second-order valence-corrected chi connectivity index (χ2v) is 12.4. The van der Waals surface area contributed by atoms with Crippen LogP contribution in [0.1, 0.15) is 101 Å². The van der Waals surface area contributed by atoms with Crippen molar-refractivity contribution in [2.24, 2.45) is 0 Å². The van der Waals surface area contributed by atoms with Gasteiger partial charge in [-0.3, -0.25) is 19.5 Å². The van der Waals surface area contributed by atoms with Crippen LogP contribution in [-0.2, 0) is 23.1 Å². The number of nitrogens with zero attached hydrogens (tertiary/aromatic N) is 4. The largest absolute Gasteiger partial charge is 0.355 e. The van der Waals surface area contributed by atoms with Crippen molar-refractivity contribution in [3.8, 4) is 6.07 Å². The normalized spacial score (nSPS) is 17.5. The van der Waals surface area contributed by atoms with Gasteiger partial charge in [-0.05, 0) is 85.5 Å².